The molecule has 0 unspecified atom stereocenters. The minimum Gasteiger partial charge on any atom is 0 e. The normalized spacial score (nSPS) is 16.4. The van der Waals surface area contributed by atoms with Crippen LogP contribution in [0.1, 0.15) is 12.0 Å². The average Bonchev–Trinajstić information content (AvgIpc) is 2.72. The van der Waals surface area contributed by atoms with E-state index in [-0.39, 0.29) is 17.1 Å². The molecule has 0 fully saturated rings. The topological polar surface area (TPSA) is 87.4 Å². The number of hydrogen-bond donors (Lipinski definition) is 0. The Balaban J connectivity index is -0.000000626. The zero-order chi connectivity index (χ0) is 19.0. The molecule has 0 spiro atoms. The van der Waals surface area contributed by atoms with Gasteiger partial charge >= 0.3 is 33.9 Å². The zero-order valence-corrected chi connectivity index (χ0v) is 15.2. The summed E-state index contributed by atoms with van der Waals surface area (Å²) in [5.41, 5.74) is 0.697. The molecule has 1 aromatic rings. The molecular weight excluding hydrogens is 368 g/mol. The van der Waals surface area contributed by atoms with Gasteiger partial charge in [0.25, 0.3) is 0 Å². The predicted octanol–water partition coefficient (Wildman–Crippen LogP) is 2.91. The van der Waals surface area contributed by atoms with Gasteiger partial charge in [-0.15, -0.1) is 0 Å². The quantitative estimate of drug-likeness (QED) is 0.453. The van der Waals surface area contributed by atoms with E-state index in [1.54, 1.807) is 21.3 Å². The molecule has 7 heteroatoms. The van der Waals surface area contributed by atoms with Crippen molar-refractivity contribution in [2.24, 2.45) is 0 Å². The number of methoxy groups -OCH3 is 3. The van der Waals surface area contributed by atoms with E-state index in [0.717, 1.165) is 23.5 Å². The summed E-state index contributed by atoms with van der Waals surface area (Å²) in [7, 11) is 5.05. The summed E-state index contributed by atoms with van der Waals surface area (Å²) in [5.74, 6) is 1.72. The molecule has 1 aliphatic carbocycles. The molecule has 6 nitrogen and oxygen atoms in total. The van der Waals surface area contributed by atoms with Crippen molar-refractivity contribution in [3.8, 4) is 5.75 Å². The molecule has 0 saturated heterocycles. The second kappa shape index (κ2) is 16.8. The number of ether oxygens (including phenoxy) is 3. The Hall–Kier alpha value is -2.00. The van der Waals surface area contributed by atoms with Crippen LogP contribution >= 0.6 is 0 Å². The van der Waals surface area contributed by atoms with Crippen molar-refractivity contribution in [3.63, 3.8) is 0 Å². The number of allylic oxidation sites excluding steroid dienone is 1. The van der Waals surface area contributed by atoms with Gasteiger partial charge < -0.3 is 14.2 Å². The third-order valence-corrected chi connectivity index (χ3v) is 3.30. The molecule has 0 aliphatic heterocycles. The Morgan fingerprint density at radius 1 is 0.880 bits per heavy atom. The van der Waals surface area contributed by atoms with Crippen molar-refractivity contribution in [1.82, 2.24) is 0 Å². The summed E-state index contributed by atoms with van der Waals surface area (Å²) in [4.78, 5) is 0. The molecule has 0 aromatic heterocycles. The Labute approximate surface area is 158 Å². The van der Waals surface area contributed by atoms with Crippen LogP contribution in [0.3, 0.4) is 0 Å². The molecule has 134 valence electrons. The van der Waals surface area contributed by atoms with E-state index in [9.17, 15) is 0 Å². The van der Waals surface area contributed by atoms with E-state index in [0.29, 0.717) is 0 Å². The van der Waals surface area contributed by atoms with E-state index >= 15 is 0 Å². The van der Waals surface area contributed by atoms with Crippen LogP contribution in [0.25, 0.3) is 0 Å². The Bertz CT molecular complexity index is 572. The first kappa shape index (κ1) is 27.8. The minimum absolute atomic E-state index is 0. The molecule has 2 rings (SSSR count). The summed E-state index contributed by atoms with van der Waals surface area (Å²) in [5, 5.41) is 0. The second-order valence-corrected chi connectivity index (χ2v) is 4.17. The number of benzene rings is 1. The Morgan fingerprint density at radius 2 is 1.40 bits per heavy atom. The van der Waals surface area contributed by atoms with Crippen LogP contribution in [-0.2, 0) is 46.1 Å². The summed E-state index contributed by atoms with van der Waals surface area (Å²) in [6.45, 7) is 13.5. The second-order valence-electron chi connectivity index (χ2n) is 4.17. The van der Waals surface area contributed by atoms with E-state index in [1.165, 1.54) is 0 Å². The molecule has 0 radical (unpaired) electrons. The van der Waals surface area contributed by atoms with Crippen molar-refractivity contribution >= 4 is 0 Å². The van der Waals surface area contributed by atoms with Gasteiger partial charge in [-0.25, -0.2) is 0 Å². The minimum atomic E-state index is -0.408. The first-order valence-corrected chi connectivity index (χ1v) is 6.48. The van der Waals surface area contributed by atoms with Gasteiger partial charge in [-0.05, 0) is 35.9 Å². The molecule has 1 aliphatic rings. The fourth-order valence-electron chi connectivity index (χ4n) is 2.11. The maximum Gasteiger partial charge on any atom is 0 e. The SMILES string of the molecule is COC1=CC[C@@](OC)(c2ccc(OC)cc2)C=C1.[C-]#[O+].[C-]#[O+].[C-]#[O+].[Fe]. The van der Waals surface area contributed by atoms with Crippen molar-refractivity contribution < 1.29 is 45.2 Å². The molecule has 0 N–H and O–H groups in total. The first-order valence-electron chi connectivity index (χ1n) is 6.48. The van der Waals surface area contributed by atoms with Crippen LogP contribution in [0.2, 0.25) is 0 Å². The van der Waals surface area contributed by atoms with Crippen LogP contribution in [0.4, 0.5) is 0 Å². The summed E-state index contributed by atoms with van der Waals surface area (Å²) >= 11 is 0. The monoisotopic (exact) mass is 386 g/mol. The van der Waals surface area contributed by atoms with Gasteiger partial charge in [0.15, 0.2) is 0 Å². The molecule has 0 bridgehead atoms. The predicted molar refractivity (Wildman–Crippen MR) is 82.3 cm³/mol. The standard InChI is InChI=1S/C15H18O3.3CO.Fe/c1-16-13-6-4-12(5-7-13)15(18-3)10-8-14(17-2)9-11-15;3*1-2;/h4-10H,11H2,1-3H3;;;;/t15-;;;;/m1..../s1. The van der Waals surface area contributed by atoms with Crippen LogP contribution in [0, 0.1) is 20.0 Å². The fraction of sp³-hybridized carbons (Fsp3) is 0.278. The van der Waals surface area contributed by atoms with E-state index in [2.05, 4.69) is 20.0 Å². The van der Waals surface area contributed by atoms with Gasteiger partial charge in [-0.3, -0.25) is 0 Å². The van der Waals surface area contributed by atoms with E-state index < -0.39 is 5.60 Å². The third-order valence-electron chi connectivity index (χ3n) is 3.30. The molecule has 0 heterocycles. The van der Waals surface area contributed by atoms with Gasteiger partial charge in [0, 0.05) is 30.6 Å². The molecule has 0 saturated carbocycles. The van der Waals surface area contributed by atoms with E-state index in [1.807, 2.05) is 42.5 Å². The number of hydrogen-bond acceptors (Lipinski definition) is 3. The van der Waals surface area contributed by atoms with Crippen molar-refractivity contribution in [2.75, 3.05) is 21.3 Å². The largest absolute Gasteiger partial charge is 0 e. The van der Waals surface area contributed by atoms with Crippen LogP contribution < -0.4 is 4.74 Å². The van der Waals surface area contributed by atoms with Gasteiger partial charge in [-0.1, -0.05) is 12.1 Å². The smallest absolute Gasteiger partial charge is 0 e. The molecule has 1 atom stereocenters. The average molecular weight is 386 g/mol. The van der Waals surface area contributed by atoms with Gasteiger partial charge in [0.05, 0.1) is 14.2 Å². The maximum absolute atomic E-state index is 7.50. The van der Waals surface area contributed by atoms with E-state index in [4.69, 9.17) is 28.2 Å². The summed E-state index contributed by atoms with van der Waals surface area (Å²) < 4.78 is 38.6. The van der Waals surface area contributed by atoms with Gasteiger partial charge in [-0.2, -0.15) is 0 Å². The fourth-order valence-corrected chi connectivity index (χ4v) is 2.11. The van der Waals surface area contributed by atoms with Gasteiger partial charge in [0.1, 0.15) is 17.1 Å². The van der Waals surface area contributed by atoms with Gasteiger partial charge in [0.2, 0.25) is 0 Å². The van der Waals surface area contributed by atoms with Crippen molar-refractivity contribution in [3.05, 3.63) is 73.8 Å². The van der Waals surface area contributed by atoms with Crippen molar-refractivity contribution in [2.45, 2.75) is 12.0 Å². The molecular formula is C18H18FeO6. The third kappa shape index (κ3) is 8.08. The van der Waals surface area contributed by atoms with Crippen LogP contribution in [0.15, 0.2) is 48.3 Å². The number of rotatable bonds is 4. The molecule has 25 heavy (non-hydrogen) atoms. The maximum atomic E-state index is 7.50. The van der Waals surface area contributed by atoms with Crippen molar-refractivity contribution in [1.29, 1.82) is 0 Å². The summed E-state index contributed by atoms with van der Waals surface area (Å²) in [6, 6.07) is 7.94. The Kier molecular flexibility index (Phi) is 18.7. The molecule has 0 amide bonds. The molecule has 1 aromatic carbocycles. The van der Waals surface area contributed by atoms with Crippen LogP contribution in [0.5, 0.6) is 5.75 Å². The zero-order valence-electron chi connectivity index (χ0n) is 14.1. The summed E-state index contributed by atoms with van der Waals surface area (Å²) in [6.07, 6.45) is 6.77. The Morgan fingerprint density at radius 3 is 1.72 bits per heavy atom. The first-order chi connectivity index (χ1) is 11.7. The van der Waals surface area contributed by atoms with Crippen LogP contribution in [-0.4, -0.2) is 21.3 Å².